The zero-order valence-electron chi connectivity index (χ0n) is 8.38. The summed E-state index contributed by atoms with van der Waals surface area (Å²) in [6.07, 6.45) is 1.28. The van der Waals surface area contributed by atoms with Gasteiger partial charge in [-0.05, 0) is 39.9 Å². The van der Waals surface area contributed by atoms with Crippen LogP contribution in [-0.4, -0.2) is 44.2 Å². The minimum absolute atomic E-state index is 0.256. The quantitative estimate of drug-likeness (QED) is 0.622. The van der Waals surface area contributed by atoms with Crippen LogP contribution in [-0.2, 0) is 0 Å². The van der Waals surface area contributed by atoms with Gasteiger partial charge in [0.25, 0.3) is 0 Å². The minimum atomic E-state index is 0.256. The molecule has 3 heteroatoms. The number of likely N-dealkylation sites (N-methyl/N-ethyl adjacent to an activating group) is 1. The summed E-state index contributed by atoms with van der Waals surface area (Å²) in [5.41, 5.74) is 5.89. The highest BCUT2D eigenvalue weighted by Crippen LogP contribution is 2.19. The largest absolute Gasteiger partial charge is 0.327 e. The number of nitrogens with zero attached hydrogens (tertiary/aromatic N) is 1. The highest BCUT2D eigenvalue weighted by atomic mass is 15.1. The van der Waals surface area contributed by atoms with Crippen molar-refractivity contribution >= 4 is 0 Å². The molecule has 0 aromatic rings. The van der Waals surface area contributed by atoms with Crippen molar-refractivity contribution in [3.8, 4) is 0 Å². The van der Waals surface area contributed by atoms with Crippen LogP contribution in [0.4, 0.5) is 0 Å². The topological polar surface area (TPSA) is 41.3 Å². The Balaban J connectivity index is 2.44. The minimum Gasteiger partial charge on any atom is -0.327 e. The van der Waals surface area contributed by atoms with Gasteiger partial charge in [0.05, 0.1) is 0 Å². The Morgan fingerprint density at radius 3 is 2.58 bits per heavy atom. The van der Waals surface area contributed by atoms with Crippen molar-refractivity contribution in [2.75, 3.05) is 27.2 Å². The number of hydrogen-bond donors (Lipinski definition) is 2. The van der Waals surface area contributed by atoms with E-state index in [-0.39, 0.29) is 6.04 Å². The van der Waals surface area contributed by atoms with E-state index in [1.54, 1.807) is 0 Å². The summed E-state index contributed by atoms with van der Waals surface area (Å²) in [7, 11) is 4.18. The molecule has 0 bridgehead atoms. The van der Waals surface area contributed by atoms with Gasteiger partial charge in [0, 0.05) is 18.6 Å². The molecule has 1 saturated heterocycles. The average Bonchev–Trinajstić information content (AvgIpc) is 2.37. The Morgan fingerprint density at radius 1 is 1.58 bits per heavy atom. The molecule has 0 aromatic carbocycles. The fourth-order valence-electron chi connectivity index (χ4n) is 2.19. The summed E-state index contributed by atoms with van der Waals surface area (Å²) >= 11 is 0. The van der Waals surface area contributed by atoms with Crippen LogP contribution in [0.1, 0.15) is 13.3 Å². The molecule has 0 radical (unpaired) electrons. The molecule has 1 heterocycles. The molecular weight excluding hydrogens is 150 g/mol. The van der Waals surface area contributed by atoms with Gasteiger partial charge >= 0.3 is 0 Å². The predicted molar refractivity (Wildman–Crippen MR) is 52.1 cm³/mol. The van der Waals surface area contributed by atoms with E-state index in [2.05, 4.69) is 24.2 Å². The van der Waals surface area contributed by atoms with Crippen molar-refractivity contribution in [3.05, 3.63) is 0 Å². The summed E-state index contributed by atoms with van der Waals surface area (Å²) in [5.74, 6) is 0.736. The van der Waals surface area contributed by atoms with Gasteiger partial charge in [-0.25, -0.2) is 0 Å². The number of rotatable bonds is 3. The van der Waals surface area contributed by atoms with Gasteiger partial charge in [0.2, 0.25) is 0 Å². The maximum atomic E-state index is 5.89. The van der Waals surface area contributed by atoms with Gasteiger partial charge in [0.1, 0.15) is 0 Å². The second kappa shape index (κ2) is 4.21. The van der Waals surface area contributed by atoms with Gasteiger partial charge in [-0.2, -0.15) is 0 Å². The smallest absolute Gasteiger partial charge is 0.0254 e. The van der Waals surface area contributed by atoms with Crippen LogP contribution in [0.15, 0.2) is 0 Å². The van der Waals surface area contributed by atoms with E-state index in [1.807, 2.05) is 7.05 Å². The highest BCUT2D eigenvalue weighted by molar-refractivity contribution is 4.87. The fourth-order valence-corrected chi connectivity index (χ4v) is 2.19. The Labute approximate surface area is 75.3 Å². The molecule has 1 aliphatic rings. The van der Waals surface area contributed by atoms with Crippen molar-refractivity contribution in [1.82, 2.24) is 10.2 Å². The van der Waals surface area contributed by atoms with E-state index < -0.39 is 0 Å². The molecule has 0 spiro atoms. The third-order valence-corrected chi connectivity index (χ3v) is 2.84. The van der Waals surface area contributed by atoms with E-state index in [1.165, 1.54) is 19.5 Å². The second-order valence-electron chi connectivity index (χ2n) is 3.98. The molecule has 0 amide bonds. The molecule has 3 unspecified atom stereocenters. The van der Waals surface area contributed by atoms with Gasteiger partial charge in [-0.3, -0.25) is 0 Å². The molecule has 72 valence electrons. The van der Waals surface area contributed by atoms with Crippen molar-refractivity contribution in [1.29, 1.82) is 0 Å². The molecule has 1 aliphatic heterocycles. The molecule has 3 N–H and O–H groups in total. The zero-order valence-corrected chi connectivity index (χ0v) is 8.38. The zero-order chi connectivity index (χ0) is 9.14. The Morgan fingerprint density at radius 2 is 2.25 bits per heavy atom. The lowest BCUT2D eigenvalue weighted by molar-refractivity contribution is 0.319. The number of nitrogens with one attached hydrogen (secondary N) is 1. The van der Waals surface area contributed by atoms with E-state index in [0.29, 0.717) is 6.04 Å². The number of likely N-dealkylation sites (tertiary alicyclic amines) is 1. The van der Waals surface area contributed by atoms with Crippen LogP contribution in [0.25, 0.3) is 0 Å². The first kappa shape index (κ1) is 9.96. The highest BCUT2D eigenvalue weighted by Gasteiger charge is 2.28. The maximum Gasteiger partial charge on any atom is 0.0254 e. The summed E-state index contributed by atoms with van der Waals surface area (Å²) in [6.45, 7) is 4.49. The predicted octanol–water partition coefficient (Wildman–Crippen LogP) is -0.127. The first-order valence-electron chi connectivity index (χ1n) is 4.76. The SMILES string of the molecule is CNC(C(C)N)C1CCN(C)C1. The molecule has 0 saturated carbocycles. The summed E-state index contributed by atoms with van der Waals surface area (Å²) in [6, 6.07) is 0.737. The maximum absolute atomic E-state index is 5.89. The molecule has 12 heavy (non-hydrogen) atoms. The number of hydrogen-bond acceptors (Lipinski definition) is 3. The van der Waals surface area contributed by atoms with Gasteiger partial charge < -0.3 is 16.0 Å². The summed E-state index contributed by atoms with van der Waals surface area (Å²) in [5, 5.41) is 3.31. The molecule has 0 aliphatic carbocycles. The van der Waals surface area contributed by atoms with Crippen molar-refractivity contribution in [3.63, 3.8) is 0 Å². The van der Waals surface area contributed by atoms with E-state index in [0.717, 1.165) is 5.92 Å². The van der Waals surface area contributed by atoms with Crippen LogP contribution in [0.5, 0.6) is 0 Å². The van der Waals surface area contributed by atoms with Gasteiger partial charge in [0.15, 0.2) is 0 Å². The van der Waals surface area contributed by atoms with Crippen molar-refractivity contribution in [2.45, 2.75) is 25.4 Å². The molecule has 1 fully saturated rings. The lowest BCUT2D eigenvalue weighted by Crippen LogP contribution is -2.47. The third-order valence-electron chi connectivity index (χ3n) is 2.84. The van der Waals surface area contributed by atoms with Crippen LogP contribution in [0.2, 0.25) is 0 Å². The Hall–Kier alpha value is -0.120. The summed E-state index contributed by atoms with van der Waals surface area (Å²) < 4.78 is 0. The molecule has 1 rings (SSSR count). The van der Waals surface area contributed by atoms with Crippen molar-refractivity contribution < 1.29 is 0 Å². The second-order valence-corrected chi connectivity index (χ2v) is 3.98. The van der Waals surface area contributed by atoms with Gasteiger partial charge in [-0.15, -0.1) is 0 Å². The first-order chi connectivity index (χ1) is 5.65. The van der Waals surface area contributed by atoms with E-state index >= 15 is 0 Å². The lowest BCUT2D eigenvalue weighted by atomic mass is 9.94. The van der Waals surface area contributed by atoms with Crippen LogP contribution < -0.4 is 11.1 Å². The standard InChI is InChI=1S/C9H21N3/c1-7(10)9(11-2)8-4-5-12(3)6-8/h7-9,11H,4-6,10H2,1-3H3. The average molecular weight is 171 g/mol. The van der Waals surface area contributed by atoms with E-state index in [4.69, 9.17) is 5.73 Å². The molecule has 3 nitrogen and oxygen atoms in total. The Kier molecular flexibility index (Phi) is 3.50. The monoisotopic (exact) mass is 171 g/mol. The van der Waals surface area contributed by atoms with Crippen molar-refractivity contribution in [2.24, 2.45) is 11.7 Å². The van der Waals surface area contributed by atoms with Crippen LogP contribution in [0, 0.1) is 5.92 Å². The van der Waals surface area contributed by atoms with Crippen LogP contribution in [0.3, 0.4) is 0 Å². The van der Waals surface area contributed by atoms with E-state index in [9.17, 15) is 0 Å². The normalized spacial score (nSPS) is 30.5. The summed E-state index contributed by atoms with van der Waals surface area (Å²) in [4.78, 5) is 2.37. The molecular formula is C9H21N3. The van der Waals surface area contributed by atoms with Crippen LogP contribution >= 0.6 is 0 Å². The third kappa shape index (κ3) is 2.19. The first-order valence-corrected chi connectivity index (χ1v) is 4.76. The lowest BCUT2D eigenvalue weighted by Gasteiger charge is -2.26. The fraction of sp³-hybridized carbons (Fsp3) is 1.00. The Bertz CT molecular complexity index is 136. The molecule has 0 aromatic heterocycles. The van der Waals surface area contributed by atoms with Gasteiger partial charge in [-0.1, -0.05) is 0 Å². The molecule has 3 atom stereocenters. The number of nitrogens with two attached hydrogens (primary N) is 1.